The molecule has 108 valence electrons. The van der Waals surface area contributed by atoms with E-state index < -0.39 is 0 Å². The summed E-state index contributed by atoms with van der Waals surface area (Å²) >= 11 is 0. The summed E-state index contributed by atoms with van der Waals surface area (Å²) in [5, 5.41) is 11.1. The first-order valence-electron chi connectivity index (χ1n) is 6.79. The second-order valence-corrected chi connectivity index (χ2v) is 4.75. The van der Waals surface area contributed by atoms with E-state index in [2.05, 4.69) is 34.3 Å². The summed E-state index contributed by atoms with van der Waals surface area (Å²) in [7, 11) is 0. The van der Waals surface area contributed by atoms with Gasteiger partial charge in [0.1, 0.15) is 5.75 Å². The van der Waals surface area contributed by atoms with Crippen LogP contribution in [0.4, 0.5) is 0 Å². The third-order valence-electron chi connectivity index (χ3n) is 2.66. The highest BCUT2D eigenvalue weighted by Crippen LogP contribution is 2.11. The van der Waals surface area contributed by atoms with Crippen LogP contribution < -0.4 is 10.1 Å². The highest BCUT2D eigenvalue weighted by molar-refractivity contribution is 5.19. The average Bonchev–Trinajstić information content (AvgIpc) is 2.92. The van der Waals surface area contributed by atoms with Crippen LogP contribution in [0.3, 0.4) is 0 Å². The van der Waals surface area contributed by atoms with Crippen molar-refractivity contribution in [2.45, 2.75) is 46.4 Å². The van der Waals surface area contributed by atoms with E-state index in [9.17, 15) is 0 Å². The predicted molar refractivity (Wildman–Crippen MR) is 74.2 cm³/mol. The molecule has 2 heterocycles. The number of nitrogens with zero attached hydrogens (tertiary/aromatic N) is 3. The summed E-state index contributed by atoms with van der Waals surface area (Å²) in [4.78, 5) is 4.33. The molecule has 0 atom stereocenters. The van der Waals surface area contributed by atoms with E-state index >= 15 is 0 Å². The number of pyridine rings is 1. The first-order chi connectivity index (χ1) is 9.67. The number of hydrogen-bond acceptors (Lipinski definition) is 6. The minimum atomic E-state index is 0.262. The van der Waals surface area contributed by atoms with Gasteiger partial charge < -0.3 is 14.5 Å². The van der Waals surface area contributed by atoms with Crippen LogP contribution in [0.15, 0.2) is 22.7 Å². The average molecular weight is 276 g/mol. The molecular weight excluding hydrogens is 256 g/mol. The molecule has 0 bridgehead atoms. The lowest BCUT2D eigenvalue weighted by molar-refractivity contribution is 0.258. The van der Waals surface area contributed by atoms with Crippen LogP contribution in [0.25, 0.3) is 0 Å². The zero-order chi connectivity index (χ0) is 14.4. The fraction of sp³-hybridized carbons (Fsp3) is 0.500. The van der Waals surface area contributed by atoms with Gasteiger partial charge in [-0.2, -0.15) is 0 Å². The molecule has 2 rings (SSSR count). The maximum atomic E-state index is 5.55. The Morgan fingerprint density at radius 2 is 2.05 bits per heavy atom. The Morgan fingerprint density at radius 1 is 1.25 bits per heavy atom. The minimum absolute atomic E-state index is 0.262. The van der Waals surface area contributed by atoms with Crippen LogP contribution in [-0.2, 0) is 19.6 Å². The highest BCUT2D eigenvalue weighted by Gasteiger charge is 2.05. The van der Waals surface area contributed by atoms with E-state index in [0.29, 0.717) is 23.6 Å². The molecule has 0 fully saturated rings. The number of aryl methyl sites for hydroxylation is 1. The lowest BCUT2D eigenvalue weighted by atomic mass is 10.3. The van der Waals surface area contributed by atoms with Crippen molar-refractivity contribution in [2.24, 2.45) is 0 Å². The van der Waals surface area contributed by atoms with Crippen molar-refractivity contribution in [3.8, 4) is 5.75 Å². The van der Waals surface area contributed by atoms with Crippen molar-refractivity contribution in [3.63, 3.8) is 0 Å². The largest absolute Gasteiger partial charge is 0.482 e. The number of aromatic nitrogens is 3. The molecule has 6 heteroatoms. The Balaban J connectivity index is 1.84. The molecule has 0 aliphatic carbocycles. The summed E-state index contributed by atoms with van der Waals surface area (Å²) in [6.45, 7) is 7.19. The van der Waals surface area contributed by atoms with Crippen molar-refractivity contribution in [1.82, 2.24) is 20.5 Å². The second-order valence-electron chi connectivity index (χ2n) is 4.75. The molecule has 2 aromatic heterocycles. The number of nitrogens with one attached hydrogen (secondary N) is 1. The number of ether oxygens (including phenoxy) is 1. The molecule has 0 saturated carbocycles. The van der Waals surface area contributed by atoms with Crippen LogP contribution in [0.5, 0.6) is 5.75 Å². The third-order valence-corrected chi connectivity index (χ3v) is 2.66. The molecule has 0 unspecified atom stereocenters. The van der Waals surface area contributed by atoms with Crippen molar-refractivity contribution in [2.75, 3.05) is 0 Å². The van der Waals surface area contributed by atoms with Crippen molar-refractivity contribution >= 4 is 0 Å². The number of rotatable bonds is 7. The zero-order valence-corrected chi connectivity index (χ0v) is 12.1. The quantitative estimate of drug-likeness (QED) is 0.835. The van der Waals surface area contributed by atoms with E-state index in [-0.39, 0.29) is 6.61 Å². The standard InChI is InChI=1S/C14H20N4O2/c1-4-13-17-18-14(20-13)9-19-12-6-5-11(16-8-12)7-15-10(2)3/h5-6,8,10,15H,4,7,9H2,1-3H3. The Kier molecular flexibility index (Phi) is 5.06. The molecule has 0 radical (unpaired) electrons. The van der Waals surface area contributed by atoms with Gasteiger partial charge in [-0.1, -0.05) is 20.8 Å². The summed E-state index contributed by atoms with van der Waals surface area (Å²) in [6, 6.07) is 4.27. The van der Waals surface area contributed by atoms with Crippen molar-refractivity contribution in [3.05, 3.63) is 35.8 Å². The second kappa shape index (κ2) is 7.00. The van der Waals surface area contributed by atoms with Gasteiger partial charge in [-0.15, -0.1) is 10.2 Å². The van der Waals surface area contributed by atoms with Crippen LogP contribution in [0, 0.1) is 0 Å². The van der Waals surface area contributed by atoms with Gasteiger partial charge in [0.25, 0.3) is 5.89 Å². The molecule has 1 N–H and O–H groups in total. The van der Waals surface area contributed by atoms with Crippen LogP contribution >= 0.6 is 0 Å². The molecule has 0 aliphatic heterocycles. The molecule has 0 saturated heterocycles. The molecule has 2 aromatic rings. The van der Waals surface area contributed by atoms with Gasteiger partial charge in [0.15, 0.2) is 6.61 Å². The Labute approximate surface area is 118 Å². The van der Waals surface area contributed by atoms with Gasteiger partial charge >= 0.3 is 0 Å². The van der Waals surface area contributed by atoms with Gasteiger partial charge in [0.2, 0.25) is 5.89 Å². The maximum Gasteiger partial charge on any atom is 0.253 e. The van der Waals surface area contributed by atoms with Gasteiger partial charge in [0.05, 0.1) is 11.9 Å². The summed E-state index contributed by atoms with van der Waals surface area (Å²) in [5.74, 6) is 1.79. The molecule has 0 aliphatic rings. The monoisotopic (exact) mass is 276 g/mol. The zero-order valence-electron chi connectivity index (χ0n) is 12.1. The summed E-state index contributed by atoms with van der Waals surface area (Å²) in [5.41, 5.74) is 0.983. The van der Waals surface area contributed by atoms with Gasteiger partial charge in [-0.05, 0) is 12.1 Å². The third kappa shape index (κ3) is 4.31. The Hall–Kier alpha value is -1.95. The molecule has 0 spiro atoms. The molecule has 0 aromatic carbocycles. The first-order valence-corrected chi connectivity index (χ1v) is 6.79. The first kappa shape index (κ1) is 14.5. The normalized spacial score (nSPS) is 11.0. The lowest BCUT2D eigenvalue weighted by Crippen LogP contribution is -2.22. The molecule has 0 amide bonds. The fourth-order valence-corrected chi connectivity index (χ4v) is 1.54. The SMILES string of the molecule is CCc1nnc(COc2ccc(CNC(C)C)nc2)o1. The lowest BCUT2D eigenvalue weighted by Gasteiger charge is -2.08. The van der Waals surface area contributed by atoms with Crippen molar-refractivity contribution < 1.29 is 9.15 Å². The van der Waals surface area contributed by atoms with E-state index in [1.54, 1.807) is 6.20 Å². The van der Waals surface area contributed by atoms with Gasteiger partial charge in [-0.25, -0.2) is 0 Å². The van der Waals surface area contributed by atoms with E-state index in [1.807, 2.05) is 19.1 Å². The summed E-state index contributed by atoms with van der Waals surface area (Å²) in [6.07, 6.45) is 2.43. The van der Waals surface area contributed by atoms with E-state index in [0.717, 1.165) is 18.7 Å². The van der Waals surface area contributed by atoms with E-state index in [4.69, 9.17) is 9.15 Å². The van der Waals surface area contributed by atoms with Crippen LogP contribution in [0.2, 0.25) is 0 Å². The smallest absolute Gasteiger partial charge is 0.253 e. The van der Waals surface area contributed by atoms with Gasteiger partial charge in [0, 0.05) is 19.0 Å². The molecule has 6 nitrogen and oxygen atoms in total. The highest BCUT2D eigenvalue weighted by atomic mass is 16.5. The Morgan fingerprint density at radius 3 is 2.65 bits per heavy atom. The predicted octanol–water partition coefficient (Wildman–Crippen LogP) is 2.10. The molecular formula is C14H20N4O2. The van der Waals surface area contributed by atoms with Crippen LogP contribution in [0.1, 0.15) is 38.2 Å². The van der Waals surface area contributed by atoms with Crippen molar-refractivity contribution in [1.29, 1.82) is 0 Å². The topological polar surface area (TPSA) is 73.1 Å². The van der Waals surface area contributed by atoms with Gasteiger partial charge in [-0.3, -0.25) is 4.98 Å². The van der Waals surface area contributed by atoms with Crippen LogP contribution in [-0.4, -0.2) is 21.2 Å². The Bertz CT molecular complexity index is 522. The molecule has 20 heavy (non-hydrogen) atoms. The van der Waals surface area contributed by atoms with E-state index in [1.165, 1.54) is 0 Å². The fourth-order valence-electron chi connectivity index (χ4n) is 1.54. The summed E-state index contributed by atoms with van der Waals surface area (Å²) < 4.78 is 10.9. The number of hydrogen-bond donors (Lipinski definition) is 1. The minimum Gasteiger partial charge on any atom is -0.482 e. The maximum absolute atomic E-state index is 5.55.